The van der Waals surface area contributed by atoms with Gasteiger partial charge in [0.05, 0.1) is 17.1 Å². The van der Waals surface area contributed by atoms with Gasteiger partial charge in [0.2, 0.25) is 0 Å². The molecule has 4 N–H and O–H groups in total. The molecule has 0 amide bonds. The van der Waals surface area contributed by atoms with E-state index in [1.807, 2.05) is 0 Å². The highest BCUT2D eigenvalue weighted by Crippen LogP contribution is 2.16. The fourth-order valence-electron chi connectivity index (χ4n) is 1.50. The molecule has 0 radical (unpaired) electrons. The number of benzene rings is 2. The fourth-order valence-corrected chi connectivity index (χ4v) is 1.83. The summed E-state index contributed by atoms with van der Waals surface area (Å²) in [6.07, 6.45) is 2.87. The lowest BCUT2D eigenvalue weighted by Gasteiger charge is -2.01. The van der Waals surface area contributed by atoms with Crippen LogP contribution in [0.15, 0.2) is 53.5 Å². The predicted molar refractivity (Wildman–Crippen MR) is 84.2 cm³/mol. The first-order chi connectivity index (χ1) is 10.5. The van der Waals surface area contributed by atoms with Gasteiger partial charge in [-0.2, -0.15) is 5.10 Å². The monoisotopic (exact) mass is 367 g/mol. The third-order valence-electron chi connectivity index (χ3n) is 2.63. The Hall–Kier alpha value is -2.48. The van der Waals surface area contributed by atoms with Crippen molar-refractivity contribution in [2.45, 2.75) is 0 Å². The van der Waals surface area contributed by atoms with Crippen molar-refractivity contribution in [3.8, 4) is 5.69 Å². The van der Waals surface area contributed by atoms with E-state index in [4.69, 9.17) is 11.5 Å². The van der Waals surface area contributed by atoms with Gasteiger partial charge in [0.1, 0.15) is 24.3 Å². The standard InChI is InChI=1S/C8H7FN4.C6H5BrFN/c9-7-3-6(1-2-8(7)10)13-5-11-4-12-13;7-4-1-2-6(9)5(8)3-4/h1-5H,10H2;1-3H,9H2. The van der Waals surface area contributed by atoms with Gasteiger partial charge >= 0.3 is 0 Å². The van der Waals surface area contributed by atoms with Crippen molar-refractivity contribution in [3.05, 3.63) is 65.2 Å². The Morgan fingerprint density at radius 1 is 0.955 bits per heavy atom. The molecule has 0 bridgehead atoms. The molecule has 1 aromatic heterocycles. The van der Waals surface area contributed by atoms with Gasteiger partial charge in [-0.25, -0.2) is 18.4 Å². The first-order valence-electron chi connectivity index (χ1n) is 6.08. The number of anilines is 2. The first kappa shape index (κ1) is 15.9. The van der Waals surface area contributed by atoms with E-state index in [1.165, 1.54) is 41.6 Å². The van der Waals surface area contributed by atoms with Crippen LogP contribution >= 0.6 is 15.9 Å². The molecule has 0 unspecified atom stereocenters. The molecular weight excluding hydrogens is 356 g/mol. The molecule has 0 atom stereocenters. The van der Waals surface area contributed by atoms with Gasteiger partial charge in [0.15, 0.2) is 0 Å². The highest BCUT2D eigenvalue weighted by molar-refractivity contribution is 9.10. The van der Waals surface area contributed by atoms with Crippen LogP contribution < -0.4 is 11.5 Å². The molecule has 2 aromatic carbocycles. The quantitative estimate of drug-likeness (QED) is 0.647. The van der Waals surface area contributed by atoms with Crippen LogP contribution in [0, 0.1) is 11.6 Å². The summed E-state index contributed by atoms with van der Waals surface area (Å²) in [6.45, 7) is 0. The zero-order chi connectivity index (χ0) is 16.1. The summed E-state index contributed by atoms with van der Waals surface area (Å²) in [5.74, 6) is -0.836. The molecule has 3 rings (SSSR count). The molecule has 1 heterocycles. The highest BCUT2D eigenvalue weighted by atomic mass is 79.9. The smallest absolute Gasteiger partial charge is 0.148 e. The lowest BCUT2D eigenvalue weighted by atomic mass is 10.3. The van der Waals surface area contributed by atoms with Gasteiger partial charge in [0, 0.05) is 10.5 Å². The number of rotatable bonds is 1. The summed E-state index contributed by atoms with van der Waals surface area (Å²) in [7, 11) is 0. The Morgan fingerprint density at radius 2 is 1.59 bits per heavy atom. The minimum Gasteiger partial charge on any atom is -0.396 e. The molecule has 0 saturated carbocycles. The number of nitrogen functional groups attached to an aromatic ring is 2. The highest BCUT2D eigenvalue weighted by Gasteiger charge is 2.01. The van der Waals surface area contributed by atoms with Crippen LogP contribution in [0.2, 0.25) is 0 Å². The normalized spacial score (nSPS) is 9.95. The number of nitrogens with two attached hydrogens (primary N) is 2. The maximum atomic E-state index is 13.0. The van der Waals surface area contributed by atoms with Gasteiger partial charge in [-0.15, -0.1) is 0 Å². The van der Waals surface area contributed by atoms with E-state index in [0.29, 0.717) is 10.2 Å². The third-order valence-corrected chi connectivity index (χ3v) is 3.12. The number of hydrogen-bond acceptors (Lipinski definition) is 4. The van der Waals surface area contributed by atoms with Crippen molar-refractivity contribution in [3.63, 3.8) is 0 Å². The lowest BCUT2D eigenvalue weighted by Crippen LogP contribution is -1.97. The van der Waals surface area contributed by atoms with Crippen molar-refractivity contribution in [2.75, 3.05) is 11.5 Å². The first-order valence-corrected chi connectivity index (χ1v) is 6.87. The maximum Gasteiger partial charge on any atom is 0.148 e. The van der Waals surface area contributed by atoms with E-state index >= 15 is 0 Å². The second-order valence-corrected chi connectivity index (χ2v) is 5.13. The molecular formula is C14H12BrF2N5. The molecule has 0 aliphatic heterocycles. The summed E-state index contributed by atoms with van der Waals surface area (Å²) in [5, 5.41) is 3.86. The summed E-state index contributed by atoms with van der Waals surface area (Å²) in [6, 6.07) is 9.01. The molecule has 3 aromatic rings. The van der Waals surface area contributed by atoms with E-state index in [0.717, 1.165) is 0 Å². The minimum atomic E-state index is -0.451. The predicted octanol–water partition coefficient (Wildman–Crippen LogP) is 3.16. The SMILES string of the molecule is Nc1ccc(-n2cncn2)cc1F.Nc1ccc(Br)cc1F. The van der Waals surface area contributed by atoms with Crippen molar-refractivity contribution in [2.24, 2.45) is 0 Å². The molecule has 114 valence electrons. The van der Waals surface area contributed by atoms with Gasteiger partial charge in [-0.1, -0.05) is 15.9 Å². The van der Waals surface area contributed by atoms with Gasteiger partial charge in [-0.3, -0.25) is 0 Å². The van der Waals surface area contributed by atoms with E-state index in [9.17, 15) is 8.78 Å². The van der Waals surface area contributed by atoms with Crippen LogP contribution in [0.4, 0.5) is 20.2 Å². The lowest BCUT2D eigenvalue weighted by molar-refractivity contribution is 0.630. The van der Waals surface area contributed by atoms with E-state index in [2.05, 4.69) is 26.0 Å². The van der Waals surface area contributed by atoms with Crippen LogP contribution in [-0.2, 0) is 0 Å². The van der Waals surface area contributed by atoms with Gasteiger partial charge < -0.3 is 11.5 Å². The average molecular weight is 368 g/mol. The number of halogens is 3. The molecule has 22 heavy (non-hydrogen) atoms. The number of nitrogens with zero attached hydrogens (tertiary/aromatic N) is 3. The van der Waals surface area contributed by atoms with Crippen LogP contribution in [0.1, 0.15) is 0 Å². The Balaban J connectivity index is 0.000000172. The van der Waals surface area contributed by atoms with Crippen LogP contribution in [0.3, 0.4) is 0 Å². The minimum absolute atomic E-state index is 0.129. The molecule has 0 saturated heterocycles. The summed E-state index contributed by atoms with van der Waals surface area (Å²) < 4.78 is 27.6. The third kappa shape index (κ3) is 4.01. The second-order valence-electron chi connectivity index (χ2n) is 4.21. The van der Waals surface area contributed by atoms with Crippen LogP contribution in [0.5, 0.6) is 0 Å². The van der Waals surface area contributed by atoms with Crippen molar-refractivity contribution in [1.29, 1.82) is 0 Å². The summed E-state index contributed by atoms with van der Waals surface area (Å²) in [5.41, 5.74) is 11.4. The van der Waals surface area contributed by atoms with Crippen molar-refractivity contribution < 1.29 is 8.78 Å². The van der Waals surface area contributed by atoms with E-state index < -0.39 is 5.82 Å². The maximum absolute atomic E-state index is 13.0. The summed E-state index contributed by atoms with van der Waals surface area (Å²) in [4.78, 5) is 3.75. The fraction of sp³-hybridized carbons (Fsp3) is 0. The Bertz CT molecular complexity index is 762. The van der Waals surface area contributed by atoms with E-state index in [1.54, 1.807) is 12.1 Å². The Kier molecular flexibility index (Phi) is 5.05. The van der Waals surface area contributed by atoms with Gasteiger partial charge in [-0.05, 0) is 30.3 Å². The second kappa shape index (κ2) is 6.99. The molecule has 0 spiro atoms. The van der Waals surface area contributed by atoms with Crippen molar-refractivity contribution >= 4 is 27.3 Å². The van der Waals surface area contributed by atoms with E-state index in [-0.39, 0.29) is 17.2 Å². The zero-order valence-electron chi connectivity index (χ0n) is 11.2. The largest absolute Gasteiger partial charge is 0.396 e. The Morgan fingerprint density at radius 3 is 2.09 bits per heavy atom. The zero-order valence-corrected chi connectivity index (χ0v) is 12.8. The number of aromatic nitrogens is 3. The van der Waals surface area contributed by atoms with Crippen LogP contribution in [0.25, 0.3) is 5.69 Å². The average Bonchev–Trinajstić information content (AvgIpc) is 3.01. The Labute approximate surface area is 133 Å². The van der Waals surface area contributed by atoms with Crippen molar-refractivity contribution in [1.82, 2.24) is 14.8 Å². The molecule has 0 fully saturated rings. The molecule has 0 aliphatic rings. The topological polar surface area (TPSA) is 82.8 Å². The molecule has 5 nitrogen and oxygen atoms in total. The molecule has 8 heteroatoms. The molecule has 0 aliphatic carbocycles. The van der Waals surface area contributed by atoms with Crippen LogP contribution in [-0.4, -0.2) is 14.8 Å². The summed E-state index contributed by atoms with van der Waals surface area (Å²) >= 11 is 3.10. The van der Waals surface area contributed by atoms with Gasteiger partial charge in [0.25, 0.3) is 0 Å². The number of hydrogen-bond donors (Lipinski definition) is 2.